The van der Waals surface area contributed by atoms with Gasteiger partial charge in [-0.1, -0.05) is 12.8 Å². The van der Waals surface area contributed by atoms with E-state index in [1.165, 1.54) is 23.6 Å². The fourth-order valence-corrected chi connectivity index (χ4v) is 4.42. The molecule has 3 aromatic rings. The Bertz CT molecular complexity index is 1040. The Balaban J connectivity index is 1.16. The van der Waals surface area contributed by atoms with Crippen LogP contribution in [0.25, 0.3) is 5.69 Å². The molecule has 2 atom stereocenters. The molecule has 3 heterocycles. The standard InChI is InChI=1S/C21H25N7O2/c29-19-6-3-11-23-28(19)17-9-10-18(22-13-17)24-15-7-8-16(12-15)25-21-26-20(30-27-21)14-4-1-2-5-14/h3,6,9-11,13-16H,1-2,4-5,7-8,12H2,(H,22,24)(H,25,27)/t15-,16-/m0/s1. The Morgan fingerprint density at radius 1 is 1.03 bits per heavy atom. The van der Waals surface area contributed by atoms with E-state index in [0.29, 0.717) is 29.6 Å². The van der Waals surface area contributed by atoms with Crippen LogP contribution in [0.3, 0.4) is 0 Å². The zero-order chi connectivity index (χ0) is 20.3. The Morgan fingerprint density at radius 2 is 1.87 bits per heavy atom. The Morgan fingerprint density at radius 3 is 2.63 bits per heavy atom. The third-order valence-electron chi connectivity index (χ3n) is 5.97. The highest BCUT2D eigenvalue weighted by atomic mass is 16.5. The van der Waals surface area contributed by atoms with Crippen molar-refractivity contribution < 1.29 is 4.52 Å². The smallest absolute Gasteiger partial charge is 0.271 e. The van der Waals surface area contributed by atoms with Crippen molar-refractivity contribution in [2.75, 3.05) is 10.6 Å². The van der Waals surface area contributed by atoms with Gasteiger partial charge >= 0.3 is 0 Å². The second kappa shape index (κ2) is 8.25. The lowest BCUT2D eigenvalue weighted by atomic mass is 10.1. The van der Waals surface area contributed by atoms with Gasteiger partial charge in [0.15, 0.2) is 0 Å². The van der Waals surface area contributed by atoms with E-state index in [0.717, 1.165) is 43.8 Å². The predicted molar refractivity (Wildman–Crippen MR) is 112 cm³/mol. The maximum absolute atomic E-state index is 11.9. The molecule has 2 saturated carbocycles. The molecule has 0 unspecified atom stereocenters. The van der Waals surface area contributed by atoms with E-state index in [9.17, 15) is 4.79 Å². The molecule has 9 nitrogen and oxygen atoms in total. The van der Waals surface area contributed by atoms with Crippen LogP contribution in [0.5, 0.6) is 0 Å². The Kier molecular flexibility index (Phi) is 5.17. The van der Waals surface area contributed by atoms with Gasteiger partial charge in [0, 0.05) is 30.3 Å². The average molecular weight is 407 g/mol. The predicted octanol–water partition coefficient (Wildman–Crippen LogP) is 3.11. The van der Waals surface area contributed by atoms with Gasteiger partial charge in [-0.3, -0.25) is 4.79 Å². The van der Waals surface area contributed by atoms with E-state index < -0.39 is 0 Å². The lowest BCUT2D eigenvalue weighted by Crippen LogP contribution is -2.22. The van der Waals surface area contributed by atoms with E-state index in [1.807, 2.05) is 12.1 Å². The fourth-order valence-electron chi connectivity index (χ4n) is 4.42. The van der Waals surface area contributed by atoms with Crippen molar-refractivity contribution in [1.29, 1.82) is 0 Å². The van der Waals surface area contributed by atoms with Crippen molar-refractivity contribution >= 4 is 11.8 Å². The van der Waals surface area contributed by atoms with Gasteiger partial charge in [-0.15, -0.1) is 0 Å². The molecule has 2 fully saturated rings. The second-order valence-electron chi connectivity index (χ2n) is 8.11. The first-order valence-electron chi connectivity index (χ1n) is 10.6. The normalized spacial score (nSPS) is 21.7. The quantitative estimate of drug-likeness (QED) is 0.641. The lowest BCUT2D eigenvalue weighted by Gasteiger charge is -2.14. The van der Waals surface area contributed by atoms with Crippen LogP contribution in [0, 0.1) is 0 Å². The molecule has 0 aromatic carbocycles. The summed E-state index contributed by atoms with van der Waals surface area (Å²) in [6.07, 6.45) is 11.1. The molecule has 0 amide bonds. The van der Waals surface area contributed by atoms with Crippen molar-refractivity contribution in [1.82, 2.24) is 24.9 Å². The summed E-state index contributed by atoms with van der Waals surface area (Å²) in [4.78, 5) is 20.9. The molecule has 0 spiro atoms. The summed E-state index contributed by atoms with van der Waals surface area (Å²) in [7, 11) is 0. The first-order chi connectivity index (χ1) is 14.7. The maximum atomic E-state index is 11.9. The van der Waals surface area contributed by atoms with Crippen LogP contribution in [0.2, 0.25) is 0 Å². The summed E-state index contributed by atoms with van der Waals surface area (Å²) < 4.78 is 6.79. The van der Waals surface area contributed by atoms with Gasteiger partial charge in [0.2, 0.25) is 5.89 Å². The molecule has 2 aliphatic rings. The molecular formula is C21H25N7O2. The Labute approximate surface area is 173 Å². The van der Waals surface area contributed by atoms with Gasteiger partial charge in [-0.25, -0.2) is 4.98 Å². The van der Waals surface area contributed by atoms with Gasteiger partial charge in [0.25, 0.3) is 11.5 Å². The van der Waals surface area contributed by atoms with Gasteiger partial charge < -0.3 is 15.2 Å². The minimum absolute atomic E-state index is 0.178. The molecule has 30 heavy (non-hydrogen) atoms. The van der Waals surface area contributed by atoms with E-state index in [1.54, 1.807) is 18.5 Å². The lowest BCUT2D eigenvalue weighted by molar-refractivity contribution is 0.354. The van der Waals surface area contributed by atoms with Crippen molar-refractivity contribution in [3.8, 4) is 5.69 Å². The maximum Gasteiger partial charge on any atom is 0.271 e. The number of nitrogens with zero attached hydrogens (tertiary/aromatic N) is 5. The van der Waals surface area contributed by atoms with E-state index in [-0.39, 0.29) is 5.56 Å². The van der Waals surface area contributed by atoms with Gasteiger partial charge in [0.05, 0.1) is 11.9 Å². The van der Waals surface area contributed by atoms with Crippen molar-refractivity contribution in [3.05, 3.63) is 52.9 Å². The van der Waals surface area contributed by atoms with Gasteiger partial charge in [-0.05, 0) is 55.5 Å². The third kappa shape index (κ3) is 4.05. The van der Waals surface area contributed by atoms with Crippen molar-refractivity contribution in [3.63, 3.8) is 0 Å². The third-order valence-corrected chi connectivity index (χ3v) is 5.97. The van der Waals surface area contributed by atoms with Crippen LogP contribution in [-0.4, -0.2) is 37.0 Å². The van der Waals surface area contributed by atoms with Gasteiger partial charge in [-0.2, -0.15) is 14.8 Å². The summed E-state index contributed by atoms with van der Waals surface area (Å²) >= 11 is 0. The average Bonchev–Trinajstić information content (AvgIpc) is 3.52. The van der Waals surface area contributed by atoms with Crippen molar-refractivity contribution in [2.24, 2.45) is 0 Å². The van der Waals surface area contributed by atoms with E-state index in [4.69, 9.17) is 4.52 Å². The summed E-state index contributed by atoms with van der Waals surface area (Å²) in [5.41, 5.74) is 0.467. The summed E-state index contributed by atoms with van der Waals surface area (Å²) in [5, 5.41) is 15.1. The Hall–Kier alpha value is -3.23. The number of aromatic nitrogens is 5. The van der Waals surface area contributed by atoms with E-state index in [2.05, 4.69) is 30.9 Å². The molecule has 0 aliphatic heterocycles. The molecule has 3 aromatic heterocycles. The molecule has 2 N–H and O–H groups in total. The SMILES string of the molecule is O=c1cccnn1-c1ccc(N[C@H]2CC[C@H](Nc3noc(C4CCCC4)n3)C2)nc1. The molecule has 5 rings (SSSR count). The first-order valence-corrected chi connectivity index (χ1v) is 10.6. The summed E-state index contributed by atoms with van der Waals surface area (Å²) in [5.74, 6) is 2.60. The number of anilines is 2. The first kappa shape index (κ1) is 18.8. The number of rotatable bonds is 6. The van der Waals surface area contributed by atoms with Crippen LogP contribution in [0.15, 0.2) is 46.0 Å². The highest BCUT2D eigenvalue weighted by Gasteiger charge is 2.27. The van der Waals surface area contributed by atoms with Crippen LogP contribution >= 0.6 is 0 Å². The molecular weight excluding hydrogens is 382 g/mol. The van der Waals surface area contributed by atoms with E-state index >= 15 is 0 Å². The number of hydrogen-bond donors (Lipinski definition) is 2. The fraction of sp³-hybridized carbons (Fsp3) is 0.476. The van der Waals surface area contributed by atoms with Gasteiger partial charge in [0.1, 0.15) is 5.82 Å². The monoisotopic (exact) mass is 407 g/mol. The molecule has 0 radical (unpaired) electrons. The number of hydrogen-bond acceptors (Lipinski definition) is 8. The largest absolute Gasteiger partial charge is 0.367 e. The molecule has 9 heteroatoms. The highest BCUT2D eigenvalue weighted by molar-refractivity contribution is 5.41. The molecule has 2 aliphatic carbocycles. The molecule has 156 valence electrons. The summed E-state index contributed by atoms with van der Waals surface area (Å²) in [6, 6.07) is 7.45. The zero-order valence-corrected chi connectivity index (χ0v) is 16.7. The minimum atomic E-state index is -0.178. The van der Waals surface area contributed by atoms with Crippen molar-refractivity contribution in [2.45, 2.75) is 62.9 Å². The second-order valence-corrected chi connectivity index (χ2v) is 8.11. The van der Waals surface area contributed by atoms with Crippen LogP contribution in [0.1, 0.15) is 56.8 Å². The number of nitrogens with one attached hydrogen (secondary N) is 2. The minimum Gasteiger partial charge on any atom is -0.367 e. The van der Waals surface area contributed by atoms with Crippen LogP contribution in [0.4, 0.5) is 11.8 Å². The van der Waals surface area contributed by atoms with Crippen LogP contribution < -0.4 is 16.2 Å². The summed E-state index contributed by atoms with van der Waals surface area (Å²) in [6.45, 7) is 0. The highest BCUT2D eigenvalue weighted by Crippen LogP contribution is 2.33. The number of pyridine rings is 1. The zero-order valence-electron chi connectivity index (χ0n) is 16.7. The van der Waals surface area contributed by atoms with Crippen LogP contribution in [-0.2, 0) is 0 Å². The molecule has 0 bridgehead atoms. The topological polar surface area (TPSA) is 111 Å². The molecule has 0 saturated heterocycles.